The van der Waals surface area contributed by atoms with E-state index in [-0.39, 0.29) is 11.9 Å². The first kappa shape index (κ1) is 21.3. The molecule has 2 aromatic heterocycles. The summed E-state index contributed by atoms with van der Waals surface area (Å²) in [5.74, 6) is 1.64. The number of hydrogen-bond donors (Lipinski definition) is 1. The normalized spacial score (nSPS) is 19.3. The van der Waals surface area contributed by atoms with Crippen LogP contribution in [0.2, 0.25) is 0 Å². The smallest absolute Gasteiger partial charge is 0.254 e. The standard InChI is InChI=1S/C25H29N7O/c33-24(30-13-5-14-31(17-16-30)25-28-9-4-10-29-25)21-8-11-27-23(18-21)32-15-12-26-22(19-32)20-6-2-1-3-7-20/h1-4,6-11,18,22,26H,5,12-17,19H2/t22-/m1/s1. The van der Waals surface area contributed by atoms with E-state index in [0.29, 0.717) is 12.1 Å². The molecule has 0 radical (unpaired) electrons. The number of carbonyl (C=O) groups is 1. The fourth-order valence-electron chi connectivity index (χ4n) is 4.55. The van der Waals surface area contributed by atoms with Gasteiger partial charge in [-0.05, 0) is 30.2 Å². The van der Waals surface area contributed by atoms with Gasteiger partial charge in [-0.15, -0.1) is 0 Å². The largest absolute Gasteiger partial charge is 0.353 e. The molecule has 0 bridgehead atoms. The van der Waals surface area contributed by atoms with E-state index in [2.05, 4.69) is 54.3 Å². The minimum atomic E-state index is 0.0595. The number of pyridine rings is 1. The third-order valence-corrected chi connectivity index (χ3v) is 6.31. The fraction of sp³-hybridized carbons (Fsp3) is 0.360. The number of benzene rings is 1. The summed E-state index contributed by atoms with van der Waals surface area (Å²) in [6.07, 6.45) is 6.16. The van der Waals surface area contributed by atoms with E-state index >= 15 is 0 Å². The lowest BCUT2D eigenvalue weighted by Crippen LogP contribution is -2.46. The third kappa shape index (κ3) is 4.96. The quantitative estimate of drug-likeness (QED) is 0.663. The van der Waals surface area contributed by atoms with Crippen LogP contribution in [0.5, 0.6) is 0 Å². The van der Waals surface area contributed by atoms with Gasteiger partial charge in [0.1, 0.15) is 5.82 Å². The molecule has 2 fully saturated rings. The van der Waals surface area contributed by atoms with Crippen molar-refractivity contribution in [3.05, 3.63) is 78.2 Å². The van der Waals surface area contributed by atoms with Crippen molar-refractivity contribution >= 4 is 17.7 Å². The highest BCUT2D eigenvalue weighted by atomic mass is 16.2. The van der Waals surface area contributed by atoms with Crippen LogP contribution in [0, 0.1) is 0 Å². The summed E-state index contributed by atoms with van der Waals surface area (Å²) in [5.41, 5.74) is 1.96. The molecule has 1 aromatic carbocycles. The molecule has 4 heterocycles. The zero-order valence-corrected chi connectivity index (χ0v) is 18.7. The van der Waals surface area contributed by atoms with Gasteiger partial charge in [-0.25, -0.2) is 15.0 Å². The van der Waals surface area contributed by atoms with Gasteiger partial charge >= 0.3 is 0 Å². The summed E-state index contributed by atoms with van der Waals surface area (Å²) in [6, 6.07) is 16.3. The summed E-state index contributed by atoms with van der Waals surface area (Å²) in [4.78, 5) is 33.0. The van der Waals surface area contributed by atoms with Crippen LogP contribution >= 0.6 is 0 Å². The van der Waals surface area contributed by atoms with Crippen molar-refractivity contribution in [2.24, 2.45) is 0 Å². The summed E-state index contributed by atoms with van der Waals surface area (Å²) < 4.78 is 0. The van der Waals surface area contributed by atoms with Crippen LogP contribution in [-0.4, -0.2) is 71.6 Å². The third-order valence-electron chi connectivity index (χ3n) is 6.31. The lowest BCUT2D eigenvalue weighted by molar-refractivity contribution is 0.0767. The highest BCUT2D eigenvalue weighted by Crippen LogP contribution is 2.22. The highest BCUT2D eigenvalue weighted by Gasteiger charge is 2.24. The lowest BCUT2D eigenvalue weighted by atomic mass is 10.0. The van der Waals surface area contributed by atoms with Crippen molar-refractivity contribution in [1.82, 2.24) is 25.2 Å². The highest BCUT2D eigenvalue weighted by molar-refractivity contribution is 5.95. The molecule has 8 nitrogen and oxygen atoms in total. The SMILES string of the molecule is O=C(c1ccnc(N2CCN[C@@H](c3ccccc3)C2)c1)N1CCCN(c2ncccn2)CC1. The Morgan fingerprint density at radius 1 is 0.848 bits per heavy atom. The monoisotopic (exact) mass is 443 g/mol. The van der Waals surface area contributed by atoms with Gasteiger partial charge in [0.2, 0.25) is 5.95 Å². The maximum absolute atomic E-state index is 13.3. The Morgan fingerprint density at radius 3 is 2.55 bits per heavy atom. The summed E-state index contributed by atoms with van der Waals surface area (Å²) in [7, 11) is 0. The van der Waals surface area contributed by atoms with E-state index in [9.17, 15) is 4.79 Å². The van der Waals surface area contributed by atoms with Crippen LogP contribution in [0.4, 0.5) is 11.8 Å². The first-order chi connectivity index (χ1) is 16.3. The molecular formula is C25H29N7O. The Bertz CT molecular complexity index is 1060. The zero-order valence-electron chi connectivity index (χ0n) is 18.7. The average molecular weight is 444 g/mol. The van der Waals surface area contributed by atoms with Crippen LogP contribution in [0.15, 0.2) is 67.1 Å². The number of aromatic nitrogens is 3. The molecule has 0 unspecified atom stereocenters. The number of amides is 1. The van der Waals surface area contributed by atoms with Gasteiger partial charge in [0, 0.05) is 76.0 Å². The molecule has 2 aliphatic heterocycles. The zero-order chi connectivity index (χ0) is 22.5. The van der Waals surface area contributed by atoms with Crippen LogP contribution in [0.1, 0.15) is 28.4 Å². The molecule has 1 N–H and O–H groups in total. The van der Waals surface area contributed by atoms with Gasteiger partial charge in [0.25, 0.3) is 5.91 Å². The minimum absolute atomic E-state index is 0.0595. The molecule has 3 aromatic rings. The van der Waals surface area contributed by atoms with Gasteiger partial charge < -0.3 is 20.0 Å². The van der Waals surface area contributed by atoms with Crippen LogP contribution < -0.4 is 15.1 Å². The molecule has 1 amide bonds. The number of anilines is 2. The lowest BCUT2D eigenvalue weighted by Gasteiger charge is -2.35. The van der Waals surface area contributed by atoms with E-state index in [1.807, 2.05) is 29.2 Å². The fourth-order valence-corrected chi connectivity index (χ4v) is 4.55. The van der Waals surface area contributed by atoms with Gasteiger partial charge in [-0.2, -0.15) is 0 Å². The second kappa shape index (κ2) is 9.95. The van der Waals surface area contributed by atoms with E-state index in [1.165, 1.54) is 5.56 Å². The van der Waals surface area contributed by atoms with Crippen molar-refractivity contribution < 1.29 is 4.79 Å². The van der Waals surface area contributed by atoms with E-state index in [4.69, 9.17) is 0 Å². The second-order valence-corrected chi connectivity index (χ2v) is 8.45. The average Bonchev–Trinajstić information content (AvgIpc) is 3.16. The summed E-state index contributed by atoms with van der Waals surface area (Å²) in [5, 5.41) is 3.59. The first-order valence-electron chi connectivity index (χ1n) is 11.6. The topological polar surface area (TPSA) is 77.5 Å². The van der Waals surface area contributed by atoms with E-state index in [1.54, 1.807) is 18.6 Å². The maximum atomic E-state index is 13.3. The minimum Gasteiger partial charge on any atom is -0.353 e. The molecule has 170 valence electrons. The Balaban J connectivity index is 1.26. The van der Waals surface area contributed by atoms with Crippen molar-refractivity contribution in [3.8, 4) is 0 Å². The molecule has 5 rings (SSSR count). The Kier molecular flexibility index (Phi) is 6.44. The molecule has 8 heteroatoms. The maximum Gasteiger partial charge on any atom is 0.254 e. The van der Waals surface area contributed by atoms with Crippen LogP contribution in [0.3, 0.4) is 0 Å². The molecule has 0 spiro atoms. The number of piperazine rings is 1. The predicted octanol–water partition coefficient (Wildman–Crippen LogP) is 2.38. The number of nitrogens with zero attached hydrogens (tertiary/aromatic N) is 6. The van der Waals surface area contributed by atoms with E-state index < -0.39 is 0 Å². The van der Waals surface area contributed by atoms with Gasteiger partial charge in [0.15, 0.2) is 0 Å². The Labute approximate surface area is 194 Å². The van der Waals surface area contributed by atoms with Gasteiger partial charge in [-0.1, -0.05) is 30.3 Å². The molecule has 2 aliphatic rings. The summed E-state index contributed by atoms with van der Waals surface area (Å²) >= 11 is 0. The molecule has 2 saturated heterocycles. The van der Waals surface area contributed by atoms with Crippen LogP contribution in [0.25, 0.3) is 0 Å². The predicted molar refractivity (Wildman–Crippen MR) is 128 cm³/mol. The molecule has 0 saturated carbocycles. The molecule has 33 heavy (non-hydrogen) atoms. The van der Waals surface area contributed by atoms with Gasteiger partial charge in [-0.3, -0.25) is 4.79 Å². The second-order valence-electron chi connectivity index (χ2n) is 8.45. The number of hydrogen-bond acceptors (Lipinski definition) is 7. The number of carbonyl (C=O) groups excluding carboxylic acids is 1. The molecular weight excluding hydrogens is 414 g/mol. The van der Waals surface area contributed by atoms with E-state index in [0.717, 1.165) is 57.5 Å². The number of nitrogens with one attached hydrogen (secondary N) is 1. The number of rotatable bonds is 4. The summed E-state index contributed by atoms with van der Waals surface area (Å²) in [6.45, 7) is 5.51. The van der Waals surface area contributed by atoms with Crippen molar-refractivity contribution in [2.75, 3.05) is 55.6 Å². The van der Waals surface area contributed by atoms with Gasteiger partial charge in [0.05, 0.1) is 0 Å². The molecule has 1 atom stereocenters. The Hall–Kier alpha value is -3.52. The Morgan fingerprint density at radius 2 is 1.70 bits per heavy atom. The van der Waals surface area contributed by atoms with Crippen molar-refractivity contribution in [3.63, 3.8) is 0 Å². The van der Waals surface area contributed by atoms with Crippen molar-refractivity contribution in [2.45, 2.75) is 12.5 Å². The molecule has 0 aliphatic carbocycles. The van der Waals surface area contributed by atoms with Crippen molar-refractivity contribution in [1.29, 1.82) is 0 Å². The first-order valence-corrected chi connectivity index (χ1v) is 11.6. The van der Waals surface area contributed by atoms with Crippen LogP contribution in [-0.2, 0) is 0 Å².